The Kier molecular flexibility index (Phi) is 5.72. The second-order valence-corrected chi connectivity index (χ2v) is 3.83. The Bertz CT molecular complexity index is 367. The van der Waals surface area contributed by atoms with Crippen LogP contribution in [0.15, 0.2) is 18.2 Å². The minimum atomic E-state index is -0.360. The minimum absolute atomic E-state index is 0.317. The molecule has 0 bridgehead atoms. The molecule has 0 heterocycles. The molecule has 1 aromatic rings. The predicted molar refractivity (Wildman–Crippen MR) is 65.6 cm³/mol. The Balaban J connectivity index is 2.38. The maximum Gasteiger partial charge on any atom is 0.314 e. The molecule has 2 amide bonds. The molecule has 4 nitrogen and oxygen atoms in total. The summed E-state index contributed by atoms with van der Waals surface area (Å²) in [5.41, 5.74) is 5.64. The smallest absolute Gasteiger partial charge is 0.314 e. The van der Waals surface area contributed by atoms with E-state index in [0.717, 1.165) is 0 Å². The van der Waals surface area contributed by atoms with E-state index in [0.29, 0.717) is 36.6 Å². The lowest BCUT2D eigenvalue weighted by Crippen LogP contribution is -2.39. The van der Waals surface area contributed by atoms with Crippen LogP contribution in [0, 0.1) is 5.82 Å². The molecule has 17 heavy (non-hydrogen) atoms. The molecule has 0 aliphatic rings. The molecule has 94 valence electrons. The fourth-order valence-electron chi connectivity index (χ4n) is 1.32. The summed E-state index contributed by atoms with van der Waals surface area (Å²) >= 11 is 5.84. The van der Waals surface area contributed by atoms with Crippen molar-refractivity contribution < 1.29 is 9.18 Å². The number of nitrogens with one attached hydrogen (secondary N) is 2. The van der Waals surface area contributed by atoms with E-state index in [1.807, 2.05) is 0 Å². The lowest BCUT2D eigenvalue weighted by molar-refractivity contribution is 0.241. The Hall–Kier alpha value is -1.33. The van der Waals surface area contributed by atoms with Crippen molar-refractivity contribution >= 4 is 17.6 Å². The summed E-state index contributed by atoms with van der Waals surface area (Å²) in [6, 6.07) is 4.19. The zero-order valence-corrected chi connectivity index (χ0v) is 10.1. The van der Waals surface area contributed by atoms with Crippen LogP contribution >= 0.6 is 11.6 Å². The summed E-state index contributed by atoms with van der Waals surface area (Å²) in [6.07, 6.45) is 0.349. The third kappa shape index (κ3) is 4.58. The Labute approximate surface area is 104 Å². The van der Waals surface area contributed by atoms with Crippen molar-refractivity contribution in [2.75, 3.05) is 19.6 Å². The standard InChI is InChI=1S/C11H15ClFN3O/c12-9-2-1-3-10(13)8(9)4-6-15-11(17)16-7-5-14/h1-3H,4-7,14H2,(H2,15,16,17). The monoisotopic (exact) mass is 259 g/mol. The van der Waals surface area contributed by atoms with Crippen molar-refractivity contribution in [2.45, 2.75) is 6.42 Å². The van der Waals surface area contributed by atoms with Gasteiger partial charge in [-0.3, -0.25) is 0 Å². The molecule has 0 fully saturated rings. The average molecular weight is 260 g/mol. The molecule has 0 saturated carbocycles. The van der Waals surface area contributed by atoms with Gasteiger partial charge >= 0.3 is 6.03 Å². The summed E-state index contributed by atoms with van der Waals surface area (Å²) in [4.78, 5) is 11.2. The van der Waals surface area contributed by atoms with E-state index in [9.17, 15) is 9.18 Å². The normalized spacial score (nSPS) is 10.1. The van der Waals surface area contributed by atoms with Gasteiger partial charge < -0.3 is 16.4 Å². The van der Waals surface area contributed by atoms with E-state index in [1.54, 1.807) is 12.1 Å². The van der Waals surface area contributed by atoms with E-state index < -0.39 is 0 Å². The molecular weight excluding hydrogens is 245 g/mol. The summed E-state index contributed by atoms with van der Waals surface area (Å²) in [5.74, 6) is -0.360. The van der Waals surface area contributed by atoms with Gasteiger partial charge in [0.05, 0.1) is 0 Å². The molecule has 0 aliphatic carbocycles. The van der Waals surface area contributed by atoms with E-state index in [-0.39, 0.29) is 11.8 Å². The third-order valence-electron chi connectivity index (χ3n) is 2.15. The number of nitrogens with two attached hydrogens (primary N) is 1. The Morgan fingerprint density at radius 2 is 2.06 bits per heavy atom. The van der Waals surface area contributed by atoms with E-state index >= 15 is 0 Å². The molecule has 1 rings (SSSR count). The summed E-state index contributed by atoms with van der Waals surface area (Å²) < 4.78 is 13.3. The summed E-state index contributed by atoms with van der Waals surface area (Å²) in [6.45, 7) is 1.11. The highest BCUT2D eigenvalue weighted by molar-refractivity contribution is 6.31. The van der Waals surface area contributed by atoms with Gasteiger partial charge in [0.1, 0.15) is 5.82 Å². The predicted octanol–water partition coefficient (Wildman–Crippen LogP) is 1.28. The number of urea groups is 1. The van der Waals surface area contributed by atoms with Crippen molar-refractivity contribution in [1.82, 2.24) is 10.6 Å². The van der Waals surface area contributed by atoms with Crippen LogP contribution in [0.3, 0.4) is 0 Å². The van der Waals surface area contributed by atoms with Gasteiger partial charge in [-0.05, 0) is 18.6 Å². The lowest BCUT2D eigenvalue weighted by atomic mass is 10.1. The van der Waals surface area contributed by atoms with Crippen molar-refractivity contribution in [3.8, 4) is 0 Å². The number of hydrogen-bond acceptors (Lipinski definition) is 2. The first-order valence-electron chi connectivity index (χ1n) is 5.30. The van der Waals surface area contributed by atoms with Gasteiger partial charge in [0.15, 0.2) is 0 Å². The van der Waals surface area contributed by atoms with Crippen LogP contribution < -0.4 is 16.4 Å². The fourth-order valence-corrected chi connectivity index (χ4v) is 1.58. The molecule has 1 aromatic carbocycles. The molecule has 0 radical (unpaired) electrons. The third-order valence-corrected chi connectivity index (χ3v) is 2.51. The summed E-state index contributed by atoms with van der Waals surface area (Å²) in [7, 11) is 0. The number of carbonyl (C=O) groups is 1. The first kappa shape index (κ1) is 13.7. The van der Waals surface area contributed by atoms with Crippen molar-refractivity contribution in [3.05, 3.63) is 34.6 Å². The van der Waals surface area contributed by atoms with Crippen LogP contribution in [0.1, 0.15) is 5.56 Å². The SMILES string of the molecule is NCCNC(=O)NCCc1c(F)cccc1Cl. The number of halogens is 2. The van der Waals surface area contributed by atoms with Gasteiger partial charge in [-0.25, -0.2) is 9.18 Å². The van der Waals surface area contributed by atoms with Crippen LogP contribution in [0.25, 0.3) is 0 Å². The average Bonchev–Trinajstić information content (AvgIpc) is 2.30. The van der Waals surface area contributed by atoms with Crippen molar-refractivity contribution in [3.63, 3.8) is 0 Å². The van der Waals surface area contributed by atoms with Gasteiger partial charge in [0.25, 0.3) is 0 Å². The van der Waals surface area contributed by atoms with E-state index in [1.165, 1.54) is 6.07 Å². The topological polar surface area (TPSA) is 67.1 Å². The number of rotatable bonds is 5. The molecule has 0 atom stereocenters. The lowest BCUT2D eigenvalue weighted by Gasteiger charge is -2.08. The number of hydrogen-bond donors (Lipinski definition) is 3. The summed E-state index contributed by atoms with van der Waals surface area (Å²) in [5, 5.41) is 5.51. The largest absolute Gasteiger partial charge is 0.338 e. The maximum atomic E-state index is 13.3. The molecule has 0 aliphatic heterocycles. The molecule has 4 N–H and O–H groups in total. The molecule has 0 spiro atoms. The number of benzene rings is 1. The van der Waals surface area contributed by atoms with Gasteiger partial charge in [0.2, 0.25) is 0 Å². The highest BCUT2D eigenvalue weighted by Crippen LogP contribution is 2.18. The van der Waals surface area contributed by atoms with Crippen LogP contribution in [0.4, 0.5) is 9.18 Å². The van der Waals surface area contributed by atoms with E-state index in [4.69, 9.17) is 17.3 Å². The van der Waals surface area contributed by atoms with Crippen molar-refractivity contribution in [1.29, 1.82) is 0 Å². The number of carbonyl (C=O) groups excluding carboxylic acids is 1. The first-order chi connectivity index (χ1) is 8.15. The molecular formula is C11H15ClFN3O. The van der Waals surface area contributed by atoms with Gasteiger partial charge in [-0.15, -0.1) is 0 Å². The first-order valence-corrected chi connectivity index (χ1v) is 5.67. The second-order valence-electron chi connectivity index (χ2n) is 3.42. The molecule has 0 unspecified atom stereocenters. The van der Waals surface area contributed by atoms with Gasteiger partial charge in [0, 0.05) is 30.2 Å². The Morgan fingerprint density at radius 1 is 1.35 bits per heavy atom. The van der Waals surface area contributed by atoms with Crippen LogP contribution in [-0.4, -0.2) is 25.7 Å². The van der Waals surface area contributed by atoms with E-state index in [2.05, 4.69) is 10.6 Å². The van der Waals surface area contributed by atoms with Crippen LogP contribution in [-0.2, 0) is 6.42 Å². The maximum absolute atomic E-state index is 13.3. The molecule has 0 aromatic heterocycles. The van der Waals surface area contributed by atoms with Gasteiger partial charge in [-0.1, -0.05) is 17.7 Å². The molecule has 6 heteroatoms. The quantitative estimate of drug-likeness (QED) is 0.746. The van der Waals surface area contributed by atoms with Gasteiger partial charge in [-0.2, -0.15) is 0 Å². The zero-order valence-electron chi connectivity index (χ0n) is 9.30. The highest BCUT2D eigenvalue weighted by Gasteiger charge is 2.06. The molecule has 0 saturated heterocycles. The van der Waals surface area contributed by atoms with Crippen LogP contribution in [0.2, 0.25) is 5.02 Å². The minimum Gasteiger partial charge on any atom is -0.338 e. The fraction of sp³-hybridized carbons (Fsp3) is 0.364. The van der Waals surface area contributed by atoms with Crippen molar-refractivity contribution in [2.24, 2.45) is 5.73 Å². The second kappa shape index (κ2) is 7.09. The zero-order chi connectivity index (χ0) is 12.7. The Morgan fingerprint density at radius 3 is 2.71 bits per heavy atom. The van der Waals surface area contributed by atoms with Crippen LogP contribution in [0.5, 0.6) is 0 Å². The highest BCUT2D eigenvalue weighted by atomic mass is 35.5. The number of amides is 2.